The maximum Gasteiger partial charge on any atom is 0.227 e. The predicted molar refractivity (Wildman–Crippen MR) is 116 cm³/mol. The Kier molecular flexibility index (Phi) is 4.30. The van der Waals surface area contributed by atoms with Gasteiger partial charge in [-0.1, -0.05) is 5.16 Å². The fourth-order valence-electron chi connectivity index (χ4n) is 5.20. The van der Waals surface area contributed by atoms with Gasteiger partial charge >= 0.3 is 0 Å². The molecule has 1 N–H and O–H groups in total. The van der Waals surface area contributed by atoms with E-state index in [-0.39, 0.29) is 11.3 Å². The second kappa shape index (κ2) is 7.07. The number of aromatic amines is 1. The first kappa shape index (κ1) is 18.8. The topological polar surface area (TPSA) is 91.2 Å². The molecule has 3 fully saturated rings. The number of anilines is 1. The van der Waals surface area contributed by atoms with E-state index in [1.807, 2.05) is 24.0 Å². The monoisotopic (exact) mass is 420 g/mol. The molecule has 162 valence electrons. The van der Waals surface area contributed by atoms with E-state index in [1.165, 1.54) is 0 Å². The van der Waals surface area contributed by atoms with Crippen molar-refractivity contribution in [1.29, 1.82) is 0 Å². The first-order valence-corrected chi connectivity index (χ1v) is 11.5. The molecule has 0 aromatic carbocycles. The van der Waals surface area contributed by atoms with Crippen LogP contribution >= 0.6 is 0 Å². The number of pyridine rings is 1. The summed E-state index contributed by atoms with van der Waals surface area (Å²) in [6.45, 7) is 5.43. The number of likely N-dealkylation sites (tertiary alicyclic amines) is 1. The first-order chi connectivity index (χ1) is 15.1. The van der Waals surface area contributed by atoms with Gasteiger partial charge in [0.15, 0.2) is 5.65 Å². The number of hydrogen-bond donors (Lipinski definition) is 1. The van der Waals surface area contributed by atoms with Crippen LogP contribution in [0.3, 0.4) is 0 Å². The molecule has 1 saturated carbocycles. The summed E-state index contributed by atoms with van der Waals surface area (Å²) in [4.78, 5) is 30.4. The molecule has 1 aliphatic carbocycles. The quantitative estimate of drug-likeness (QED) is 0.697. The minimum atomic E-state index is -0.170. The van der Waals surface area contributed by atoms with E-state index in [1.54, 1.807) is 0 Å². The van der Waals surface area contributed by atoms with Crippen LogP contribution in [0.4, 0.5) is 5.82 Å². The van der Waals surface area contributed by atoms with Crippen LogP contribution in [-0.4, -0.2) is 57.1 Å². The van der Waals surface area contributed by atoms with Crippen molar-refractivity contribution in [3.63, 3.8) is 0 Å². The van der Waals surface area contributed by atoms with Crippen LogP contribution in [0.15, 0.2) is 22.7 Å². The fraction of sp³-hybridized carbons (Fsp3) is 0.565. The molecule has 1 amide bonds. The smallest absolute Gasteiger partial charge is 0.227 e. The Labute approximate surface area is 181 Å². The molecule has 1 atom stereocenters. The van der Waals surface area contributed by atoms with Gasteiger partial charge in [0.2, 0.25) is 5.91 Å². The molecule has 1 unspecified atom stereocenters. The third kappa shape index (κ3) is 3.20. The van der Waals surface area contributed by atoms with Gasteiger partial charge in [-0.3, -0.25) is 4.79 Å². The number of piperidine rings is 1. The second-order valence-electron chi connectivity index (χ2n) is 9.35. The van der Waals surface area contributed by atoms with E-state index in [0.29, 0.717) is 5.91 Å². The summed E-state index contributed by atoms with van der Waals surface area (Å²) in [6, 6.07) is 6.11. The van der Waals surface area contributed by atoms with Gasteiger partial charge in [-0.05, 0) is 57.6 Å². The number of hydrogen-bond acceptors (Lipinski definition) is 6. The summed E-state index contributed by atoms with van der Waals surface area (Å²) in [5, 5.41) is 4.25. The largest absolute Gasteiger partial charge is 0.361 e. The third-order valence-corrected chi connectivity index (χ3v) is 7.17. The van der Waals surface area contributed by atoms with E-state index in [0.717, 1.165) is 99.0 Å². The molecule has 8 heteroatoms. The zero-order valence-corrected chi connectivity index (χ0v) is 17.9. The first-order valence-electron chi connectivity index (χ1n) is 11.5. The van der Waals surface area contributed by atoms with Crippen molar-refractivity contribution in [2.45, 2.75) is 50.9 Å². The van der Waals surface area contributed by atoms with Crippen LogP contribution in [0.2, 0.25) is 0 Å². The van der Waals surface area contributed by atoms with E-state index in [9.17, 15) is 4.79 Å². The lowest BCUT2D eigenvalue weighted by molar-refractivity contribution is -0.134. The number of nitrogens with zero attached hydrogens (tertiary/aromatic N) is 5. The van der Waals surface area contributed by atoms with Crippen molar-refractivity contribution in [2.75, 3.05) is 31.1 Å². The summed E-state index contributed by atoms with van der Waals surface area (Å²) in [7, 11) is 0. The summed E-state index contributed by atoms with van der Waals surface area (Å²) < 4.78 is 5.31. The number of fused-ring (bicyclic) bond motifs is 1. The number of carbonyl (C=O) groups excluding carboxylic acids is 1. The minimum Gasteiger partial charge on any atom is -0.361 e. The zero-order chi connectivity index (χ0) is 21.0. The van der Waals surface area contributed by atoms with Crippen LogP contribution in [0.25, 0.3) is 11.2 Å². The Bertz CT molecular complexity index is 1120. The van der Waals surface area contributed by atoms with Gasteiger partial charge in [0, 0.05) is 32.2 Å². The van der Waals surface area contributed by atoms with Crippen molar-refractivity contribution in [3.05, 3.63) is 35.5 Å². The molecule has 2 saturated heterocycles. The highest BCUT2D eigenvalue weighted by molar-refractivity contribution is 5.80. The molecule has 31 heavy (non-hydrogen) atoms. The van der Waals surface area contributed by atoms with Gasteiger partial charge in [0.25, 0.3) is 0 Å². The van der Waals surface area contributed by atoms with Crippen molar-refractivity contribution in [1.82, 2.24) is 25.0 Å². The summed E-state index contributed by atoms with van der Waals surface area (Å²) in [5.74, 6) is 3.04. The predicted octanol–water partition coefficient (Wildman–Crippen LogP) is 3.17. The van der Waals surface area contributed by atoms with Crippen molar-refractivity contribution < 1.29 is 9.32 Å². The minimum absolute atomic E-state index is 0.0734. The van der Waals surface area contributed by atoms with E-state index in [4.69, 9.17) is 14.5 Å². The Morgan fingerprint density at radius 2 is 2.00 bits per heavy atom. The van der Waals surface area contributed by atoms with Crippen molar-refractivity contribution in [2.24, 2.45) is 5.92 Å². The molecule has 0 spiro atoms. The summed E-state index contributed by atoms with van der Waals surface area (Å²) in [6.07, 6.45) is 6.29. The molecular weight excluding hydrogens is 392 g/mol. The Morgan fingerprint density at radius 1 is 1.16 bits per heavy atom. The van der Waals surface area contributed by atoms with Gasteiger partial charge in [0.05, 0.1) is 22.5 Å². The lowest BCUT2D eigenvalue weighted by Gasteiger charge is -2.34. The Balaban J connectivity index is 1.24. The molecule has 2 aliphatic heterocycles. The maximum absolute atomic E-state index is 12.9. The maximum atomic E-state index is 12.9. The highest BCUT2D eigenvalue weighted by Crippen LogP contribution is 2.52. The molecule has 5 heterocycles. The Morgan fingerprint density at radius 3 is 2.74 bits per heavy atom. The normalized spacial score (nSPS) is 22.9. The van der Waals surface area contributed by atoms with Gasteiger partial charge in [-0.15, -0.1) is 0 Å². The highest BCUT2D eigenvalue weighted by Gasteiger charge is 2.51. The summed E-state index contributed by atoms with van der Waals surface area (Å²) >= 11 is 0. The van der Waals surface area contributed by atoms with Crippen LogP contribution in [0.1, 0.15) is 55.8 Å². The molecular formula is C23H28N6O2. The lowest BCUT2D eigenvalue weighted by Crippen LogP contribution is -2.44. The molecule has 6 rings (SSSR count). The van der Waals surface area contributed by atoms with Crippen LogP contribution in [-0.2, 0) is 10.2 Å². The number of aromatic nitrogens is 4. The second-order valence-corrected chi connectivity index (χ2v) is 9.35. The van der Waals surface area contributed by atoms with Gasteiger partial charge in [-0.25, -0.2) is 9.97 Å². The van der Waals surface area contributed by atoms with Crippen LogP contribution < -0.4 is 4.90 Å². The number of amides is 1. The molecule has 3 aromatic rings. The van der Waals surface area contributed by atoms with E-state index in [2.05, 4.69) is 21.1 Å². The fourth-order valence-corrected chi connectivity index (χ4v) is 5.20. The molecule has 3 aromatic heterocycles. The highest BCUT2D eigenvalue weighted by atomic mass is 16.5. The van der Waals surface area contributed by atoms with Crippen molar-refractivity contribution in [3.8, 4) is 0 Å². The average Bonchev–Trinajstić information content (AvgIpc) is 3.18. The number of aryl methyl sites for hydroxylation is 1. The molecule has 3 aliphatic rings. The van der Waals surface area contributed by atoms with Gasteiger partial charge in [-0.2, -0.15) is 0 Å². The molecule has 8 nitrogen and oxygen atoms in total. The van der Waals surface area contributed by atoms with Crippen LogP contribution in [0, 0.1) is 12.8 Å². The SMILES string of the molecule is Cc1cc(C2(c3nc4nc(N5CCCC(C(=O)N6CCCC6)C5)ccc4[nH]3)CC2)no1. The standard InChI is InChI=1S/C23H28N6O2/c1-15-13-18(27-31-15)23(8-9-23)22-24-17-6-7-19(25-20(17)26-22)29-12-4-5-16(14-29)21(30)28-10-2-3-11-28/h6-7,13,16H,2-5,8-12,14H2,1H3,(H,24,25,26). The average molecular weight is 421 g/mol. The third-order valence-electron chi connectivity index (χ3n) is 7.17. The number of imidazole rings is 1. The number of H-pyrrole nitrogens is 1. The number of rotatable bonds is 4. The summed E-state index contributed by atoms with van der Waals surface area (Å²) in [5.41, 5.74) is 2.44. The van der Waals surface area contributed by atoms with Gasteiger partial charge in [0.1, 0.15) is 17.4 Å². The Hall–Kier alpha value is -2.90. The van der Waals surface area contributed by atoms with E-state index >= 15 is 0 Å². The zero-order valence-electron chi connectivity index (χ0n) is 17.9. The molecule has 0 bridgehead atoms. The van der Waals surface area contributed by atoms with Crippen molar-refractivity contribution >= 4 is 22.9 Å². The number of carbonyl (C=O) groups is 1. The lowest BCUT2D eigenvalue weighted by atomic mass is 9.96. The van der Waals surface area contributed by atoms with Crippen LogP contribution in [0.5, 0.6) is 0 Å². The van der Waals surface area contributed by atoms with Gasteiger partial charge < -0.3 is 19.3 Å². The molecule has 0 radical (unpaired) electrons. The van der Waals surface area contributed by atoms with E-state index < -0.39 is 0 Å². The number of nitrogens with one attached hydrogen (secondary N) is 1.